The number of aromatic nitrogens is 1. The van der Waals surface area contributed by atoms with Crippen molar-refractivity contribution in [3.05, 3.63) is 30.1 Å². The van der Waals surface area contributed by atoms with Gasteiger partial charge >= 0.3 is 0 Å². The Morgan fingerprint density at radius 2 is 2.05 bits per heavy atom. The van der Waals surface area contributed by atoms with Gasteiger partial charge in [-0.15, -0.1) is 0 Å². The van der Waals surface area contributed by atoms with E-state index in [1.807, 2.05) is 24.0 Å². The number of aliphatic hydroxyl groups is 1. The maximum atomic E-state index is 12.2. The number of carbonyl (C=O) groups excluding carboxylic acids is 1. The first-order valence-corrected chi connectivity index (χ1v) is 7.55. The summed E-state index contributed by atoms with van der Waals surface area (Å²) in [5.74, 6) is 0.593. The molecule has 1 saturated heterocycles. The summed E-state index contributed by atoms with van der Waals surface area (Å²) in [7, 11) is 0. The van der Waals surface area contributed by atoms with Gasteiger partial charge in [-0.25, -0.2) is 0 Å². The average molecular weight is 276 g/mol. The molecule has 1 aliphatic heterocycles. The fourth-order valence-corrected chi connectivity index (χ4v) is 2.83. The molecule has 0 saturated carbocycles. The summed E-state index contributed by atoms with van der Waals surface area (Å²) in [5, 5.41) is 9.85. The van der Waals surface area contributed by atoms with Crippen LogP contribution in [0.1, 0.15) is 38.2 Å². The lowest BCUT2D eigenvalue weighted by molar-refractivity contribution is -0.133. The van der Waals surface area contributed by atoms with Gasteiger partial charge < -0.3 is 10.0 Å². The van der Waals surface area contributed by atoms with Crippen LogP contribution in [0.25, 0.3) is 0 Å². The Kier molecular flexibility index (Phi) is 5.53. The zero-order chi connectivity index (χ0) is 14.4. The van der Waals surface area contributed by atoms with Gasteiger partial charge in [0, 0.05) is 31.9 Å². The molecule has 1 N–H and O–H groups in total. The molecular weight excluding hydrogens is 252 g/mol. The van der Waals surface area contributed by atoms with Crippen LogP contribution in [0.3, 0.4) is 0 Å². The van der Waals surface area contributed by atoms with Crippen molar-refractivity contribution in [1.29, 1.82) is 0 Å². The average Bonchev–Trinajstić information content (AvgIpc) is 2.53. The number of aliphatic hydroxyl groups excluding tert-OH is 1. The van der Waals surface area contributed by atoms with Crippen LogP contribution in [-0.4, -0.2) is 40.1 Å². The summed E-state index contributed by atoms with van der Waals surface area (Å²) in [4.78, 5) is 18.1. The van der Waals surface area contributed by atoms with Gasteiger partial charge in [-0.1, -0.05) is 6.92 Å². The number of carbonyl (C=O) groups is 1. The molecule has 20 heavy (non-hydrogen) atoms. The van der Waals surface area contributed by atoms with Gasteiger partial charge in [-0.3, -0.25) is 9.78 Å². The predicted octanol–water partition coefficient (Wildman–Crippen LogP) is 2.02. The number of likely N-dealkylation sites (tertiary alicyclic amines) is 1. The number of hydrogen-bond acceptors (Lipinski definition) is 3. The Morgan fingerprint density at radius 1 is 1.40 bits per heavy atom. The van der Waals surface area contributed by atoms with Gasteiger partial charge in [0.1, 0.15) is 0 Å². The Bertz CT molecular complexity index is 414. The van der Waals surface area contributed by atoms with E-state index in [-0.39, 0.29) is 12.0 Å². The highest BCUT2D eigenvalue weighted by Gasteiger charge is 2.26. The molecule has 1 unspecified atom stereocenters. The summed E-state index contributed by atoms with van der Waals surface area (Å²) in [5.41, 5.74) is 1.16. The second-order valence-electron chi connectivity index (χ2n) is 5.55. The van der Waals surface area contributed by atoms with Gasteiger partial charge in [0.15, 0.2) is 0 Å². The number of rotatable bonds is 5. The second kappa shape index (κ2) is 7.39. The Hall–Kier alpha value is -1.42. The molecule has 0 aliphatic carbocycles. The number of pyridine rings is 1. The molecule has 0 spiro atoms. The van der Waals surface area contributed by atoms with Crippen molar-refractivity contribution in [3.8, 4) is 0 Å². The molecule has 1 aromatic heterocycles. The van der Waals surface area contributed by atoms with Gasteiger partial charge in [-0.05, 0) is 49.3 Å². The molecule has 2 heterocycles. The Balaban J connectivity index is 1.75. The first-order chi connectivity index (χ1) is 9.70. The molecule has 0 aromatic carbocycles. The van der Waals surface area contributed by atoms with Gasteiger partial charge in [0.25, 0.3) is 0 Å². The van der Waals surface area contributed by atoms with Crippen molar-refractivity contribution in [2.24, 2.45) is 5.92 Å². The lowest BCUT2D eigenvalue weighted by atomic mass is 9.90. The topological polar surface area (TPSA) is 53.4 Å². The van der Waals surface area contributed by atoms with Crippen LogP contribution in [0, 0.1) is 5.92 Å². The van der Waals surface area contributed by atoms with E-state index in [9.17, 15) is 9.90 Å². The van der Waals surface area contributed by atoms with Crippen molar-refractivity contribution < 1.29 is 9.90 Å². The number of nitrogens with zero attached hydrogens (tertiary/aromatic N) is 2. The molecular formula is C16H24N2O2. The fourth-order valence-electron chi connectivity index (χ4n) is 2.83. The SMILES string of the molecule is CCC(O)C1CCN(C(=O)CCc2ccncc2)CC1. The quantitative estimate of drug-likeness (QED) is 0.895. The highest BCUT2D eigenvalue weighted by molar-refractivity contribution is 5.76. The predicted molar refractivity (Wildman–Crippen MR) is 78.2 cm³/mol. The van der Waals surface area contributed by atoms with Crippen molar-refractivity contribution in [3.63, 3.8) is 0 Å². The van der Waals surface area contributed by atoms with E-state index < -0.39 is 0 Å². The number of piperidine rings is 1. The van der Waals surface area contributed by atoms with E-state index in [0.717, 1.165) is 44.3 Å². The Labute approximate surface area is 120 Å². The van der Waals surface area contributed by atoms with Crippen LogP contribution >= 0.6 is 0 Å². The molecule has 1 aliphatic rings. The van der Waals surface area contributed by atoms with Gasteiger partial charge in [0.2, 0.25) is 5.91 Å². The lowest BCUT2D eigenvalue weighted by Gasteiger charge is -2.34. The summed E-state index contributed by atoms with van der Waals surface area (Å²) in [6.07, 6.45) is 7.31. The summed E-state index contributed by atoms with van der Waals surface area (Å²) < 4.78 is 0. The third kappa shape index (κ3) is 4.04. The van der Waals surface area contributed by atoms with Crippen molar-refractivity contribution in [2.45, 2.75) is 45.1 Å². The minimum atomic E-state index is -0.205. The van der Waals surface area contributed by atoms with Crippen LogP contribution in [0.15, 0.2) is 24.5 Å². The molecule has 1 atom stereocenters. The van der Waals surface area contributed by atoms with Crippen LogP contribution in [-0.2, 0) is 11.2 Å². The normalized spacial score (nSPS) is 18.0. The maximum Gasteiger partial charge on any atom is 0.222 e. The molecule has 1 fully saturated rings. The fraction of sp³-hybridized carbons (Fsp3) is 0.625. The van der Waals surface area contributed by atoms with E-state index in [2.05, 4.69) is 4.98 Å². The second-order valence-corrected chi connectivity index (χ2v) is 5.55. The molecule has 2 rings (SSSR count). The van der Waals surface area contributed by atoms with Crippen LogP contribution in [0.5, 0.6) is 0 Å². The zero-order valence-electron chi connectivity index (χ0n) is 12.2. The van der Waals surface area contributed by atoms with E-state index in [4.69, 9.17) is 0 Å². The van der Waals surface area contributed by atoms with Gasteiger partial charge in [0.05, 0.1) is 6.10 Å². The lowest BCUT2D eigenvalue weighted by Crippen LogP contribution is -2.41. The number of aryl methyl sites for hydroxylation is 1. The number of amides is 1. The Morgan fingerprint density at radius 3 is 2.65 bits per heavy atom. The first kappa shape index (κ1) is 15.0. The monoisotopic (exact) mass is 276 g/mol. The molecule has 110 valence electrons. The zero-order valence-corrected chi connectivity index (χ0v) is 12.2. The van der Waals surface area contributed by atoms with Gasteiger partial charge in [-0.2, -0.15) is 0 Å². The molecule has 0 bridgehead atoms. The van der Waals surface area contributed by atoms with E-state index in [1.165, 1.54) is 0 Å². The molecule has 0 radical (unpaired) electrons. The third-order valence-corrected chi connectivity index (χ3v) is 4.23. The standard InChI is InChI=1S/C16H24N2O2/c1-2-15(19)14-7-11-18(12-8-14)16(20)4-3-13-5-9-17-10-6-13/h5-6,9-10,14-15,19H,2-4,7-8,11-12H2,1H3. The van der Waals surface area contributed by atoms with Crippen LogP contribution < -0.4 is 0 Å². The minimum Gasteiger partial charge on any atom is -0.393 e. The van der Waals surface area contributed by atoms with E-state index >= 15 is 0 Å². The van der Waals surface area contributed by atoms with Crippen molar-refractivity contribution >= 4 is 5.91 Å². The van der Waals surface area contributed by atoms with Crippen molar-refractivity contribution in [2.75, 3.05) is 13.1 Å². The summed E-state index contributed by atoms with van der Waals surface area (Å²) in [6, 6.07) is 3.91. The molecule has 4 heteroatoms. The third-order valence-electron chi connectivity index (χ3n) is 4.23. The minimum absolute atomic E-state index is 0.205. The highest BCUT2D eigenvalue weighted by Crippen LogP contribution is 2.22. The first-order valence-electron chi connectivity index (χ1n) is 7.55. The van der Waals surface area contributed by atoms with E-state index in [1.54, 1.807) is 12.4 Å². The molecule has 1 amide bonds. The summed E-state index contributed by atoms with van der Waals surface area (Å²) in [6.45, 7) is 3.59. The maximum absolute atomic E-state index is 12.2. The largest absolute Gasteiger partial charge is 0.393 e. The van der Waals surface area contributed by atoms with E-state index in [0.29, 0.717) is 12.3 Å². The molecule has 1 aromatic rings. The van der Waals surface area contributed by atoms with Crippen LogP contribution in [0.2, 0.25) is 0 Å². The number of hydrogen-bond donors (Lipinski definition) is 1. The van der Waals surface area contributed by atoms with Crippen LogP contribution in [0.4, 0.5) is 0 Å². The summed E-state index contributed by atoms with van der Waals surface area (Å²) >= 11 is 0. The van der Waals surface area contributed by atoms with Crippen molar-refractivity contribution in [1.82, 2.24) is 9.88 Å². The molecule has 4 nitrogen and oxygen atoms in total. The smallest absolute Gasteiger partial charge is 0.222 e. The highest BCUT2D eigenvalue weighted by atomic mass is 16.3.